The maximum atomic E-state index is 13.4. The van der Waals surface area contributed by atoms with E-state index in [1.807, 2.05) is 31.2 Å². The summed E-state index contributed by atoms with van der Waals surface area (Å²) < 4.78 is 18.2. The van der Waals surface area contributed by atoms with Crippen molar-refractivity contribution in [3.8, 4) is 0 Å². The zero-order valence-corrected chi connectivity index (χ0v) is 14.3. The van der Waals surface area contributed by atoms with Gasteiger partial charge in [-0.3, -0.25) is 14.4 Å². The van der Waals surface area contributed by atoms with Gasteiger partial charge >= 0.3 is 5.97 Å². The molecule has 0 spiro atoms. The molecule has 7 heteroatoms. The van der Waals surface area contributed by atoms with Gasteiger partial charge in [-0.1, -0.05) is 42.0 Å². The van der Waals surface area contributed by atoms with Crippen molar-refractivity contribution in [2.75, 3.05) is 13.2 Å². The van der Waals surface area contributed by atoms with Crippen LogP contribution in [-0.2, 0) is 20.9 Å². The number of rotatable bonds is 7. The summed E-state index contributed by atoms with van der Waals surface area (Å²) in [5.41, 5.74) is 1.87. The average molecular weight is 358 g/mol. The Morgan fingerprint density at radius 2 is 1.69 bits per heavy atom. The first kappa shape index (κ1) is 19.1. The molecule has 0 radical (unpaired) electrons. The Kier molecular flexibility index (Phi) is 6.84. The van der Waals surface area contributed by atoms with E-state index in [2.05, 4.69) is 10.6 Å². The van der Waals surface area contributed by atoms with E-state index in [4.69, 9.17) is 4.74 Å². The molecule has 0 aliphatic rings. The summed E-state index contributed by atoms with van der Waals surface area (Å²) >= 11 is 0. The lowest BCUT2D eigenvalue weighted by molar-refractivity contribution is -0.147. The van der Waals surface area contributed by atoms with E-state index in [-0.39, 0.29) is 5.56 Å². The number of carbonyl (C=O) groups excluding carboxylic acids is 3. The molecule has 0 heterocycles. The van der Waals surface area contributed by atoms with Gasteiger partial charge in [-0.15, -0.1) is 0 Å². The molecule has 0 atom stereocenters. The SMILES string of the molecule is Cc1ccc(CNC(=O)COC(=O)CNC(=O)c2ccccc2F)cc1. The number of hydrogen-bond donors (Lipinski definition) is 2. The second-order valence-corrected chi connectivity index (χ2v) is 5.59. The lowest BCUT2D eigenvalue weighted by atomic mass is 10.1. The van der Waals surface area contributed by atoms with Gasteiger partial charge in [0.05, 0.1) is 5.56 Å². The average Bonchev–Trinajstić information content (AvgIpc) is 2.64. The van der Waals surface area contributed by atoms with Crippen LogP contribution in [0.1, 0.15) is 21.5 Å². The van der Waals surface area contributed by atoms with Gasteiger partial charge in [-0.25, -0.2) is 4.39 Å². The van der Waals surface area contributed by atoms with E-state index in [0.29, 0.717) is 6.54 Å². The normalized spacial score (nSPS) is 10.1. The van der Waals surface area contributed by atoms with Gasteiger partial charge in [-0.2, -0.15) is 0 Å². The Morgan fingerprint density at radius 1 is 1.00 bits per heavy atom. The molecule has 0 aromatic heterocycles. The van der Waals surface area contributed by atoms with E-state index in [0.717, 1.165) is 17.2 Å². The molecule has 2 amide bonds. The van der Waals surface area contributed by atoms with Crippen molar-refractivity contribution in [2.24, 2.45) is 0 Å². The van der Waals surface area contributed by atoms with E-state index < -0.39 is 36.8 Å². The maximum Gasteiger partial charge on any atom is 0.325 e. The van der Waals surface area contributed by atoms with Crippen molar-refractivity contribution >= 4 is 17.8 Å². The Balaban J connectivity index is 1.68. The van der Waals surface area contributed by atoms with Crippen LogP contribution in [0.25, 0.3) is 0 Å². The molecule has 0 unspecified atom stereocenters. The summed E-state index contributed by atoms with van der Waals surface area (Å²) in [6.07, 6.45) is 0. The second kappa shape index (κ2) is 9.31. The van der Waals surface area contributed by atoms with E-state index in [9.17, 15) is 18.8 Å². The van der Waals surface area contributed by atoms with E-state index in [1.165, 1.54) is 18.2 Å². The highest BCUT2D eigenvalue weighted by Crippen LogP contribution is 2.05. The van der Waals surface area contributed by atoms with Gasteiger partial charge in [-0.05, 0) is 24.6 Å². The molecule has 26 heavy (non-hydrogen) atoms. The zero-order chi connectivity index (χ0) is 18.9. The molecule has 2 rings (SSSR count). The van der Waals surface area contributed by atoms with Crippen LogP contribution in [0, 0.1) is 12.7 Å². The van der Waals surface area contributed by atoms with Crippen molar-refractivity contribution in [1.29, 1.82) is 0 Å². The fraction of sp³-hybridized carbons (Fsp3) is 0.211. The fourth-order valence-corrected chi connectivity index (χ4v) is 2.05. The topological polar surface area (TPSA) is 84.5 Å². The Bertz CT molecular complexity index is 790. The van der Waals surface area contributed by atoms with Crippen molar-refractivity contribution in [2.45, 2.75) is 13.5 Å². The molecule has 2 aromatic carbocycles. The van der Waals surface area contributed by atoms with Crippen molar-refractivity contribution < 1.29 is 23.5 Å². The molecule has 6 nitrogen and oxygen atoms in total. The predicted octanol–water partition coefficient (Wildman–Crippen LogP) is 1.72. The zero-order valence-electron chi connectivity index (χ0n) is 14.3. The molecule has 2 N–H and O–H groups in total. The Labute approximate surface area is 150 Å². The van der Waals surface area contributed by atoms with E-state index >= 15 is 0 Å². The minimum Gasteiger partial charge on any atom is -0.454 e. The highest BCUT2D eigenvalue weighted by Gasteiger charge is 2.13. The smallest absolute Gasteiger partial charge is 0.325 e. The van der Waals surface area contributed by atoms with Gasteiger partial charge in [0.2, 0.25) is 0 Å². The molecule has 136 valence electrons. The van der Waals surface area contributed by atoms with Gasteiger partial charge in [0.1, 0.15) is 12.4 Å². The van der Waals surface area contributed by atoms with Gasteiger partial charge in [0, 0.05) is 6.54 Å². The molecule has 0 saturated carbocycles. The fourth-order valence-electron chi connectivity index (χ4n) is 2.05. The Hall–Kier alpha value is -3.22. The number of esters is 1. The third-order valence-corrected chi connectivity index (χ3v) is 3.49. The molecule has 0 bridgehead atoms. The van der Waals surface area contributed by atoms with Crippen molar-refractivity contribution in [1.82, 2.24) is 10.6 Å². The van der Waals surface area contributed by atoms with Crippen LogP contribution >= 0.6 is 0 Å². The van der Waals surface area contributed by atoms with Crippen molar-refractivity contribution in [3.05, 3.63) is 71.0 Å². The lowest BCUT2D eigenvalue weighted by Gasteiger charge is -2.08. The van der Waals surface area contributed by atoms with Crippen LogP contribution in [0.15, 0.2) is 48.5 Å². The number of benzene rings is 2. The molecule has 0 aliphatic carbocycles. The third kappa shape index (κ3) is 6.01. The predicted molar refractivity (Wildman–Crippen MR) is 92.7 cm³/mol. The van der Waals surface area contributed by atoms with E-state index in [1.54, 1.807) is 0 Å². The molecule has 0 fully saturated rings. The van der Waals surface area contributed by atoms with Crippen LogP contribution in [0.4, 0.5) is 4.39 Å². The molecular formula is C19H19FN2O4. The number of ether oxygens (including phenoxy) is 1. The van der Waals surface area contributed by atoms with Gasteiger partial charge < -0.3 is 15.4 Å². The quantitative estimate of drug-likeness (QED) is 0.738. The second-order valence-electron chi connectivity index (χ2n) is 5.59. The van der Waals surface area contributed by atoms with Gasteiger partial charge in [0.25, 0.3) is 11.8 Å². The molecule has 0 saturated heterocycles. The molecule has 2 aromatic rings. The molecule has 0 aliphatic heterocycles. The number of nitrogens with one attached hydrogen (secondary N) is 2. The van der Waals surface area contributed by atoms with Crippen LogP contribution < -0.4 is 10.6 Å². The summed E-state index contributed by atoms with van der Waals surface area (Å²) in [7, 11) is 0. The Morgan fingerprint density at radius 3 is 2.38 bits per heavy atom. The first-order valence-corrected chi connectivity index (χ1v) is 7.96. The van der Waals surface area contributed by atoms with Crippen molar-refractivity contribution in [3.63, 3.8) is 0 Å². The minimum absolute atomic E-state index is 0.170. The van der Waals surface area contributed by atoms with Crippen LogP contribution in [0.3, 0.4) is 0 Å². The summed E-state index contributed by atoms with van der Waals surface area (Å²) in [6, 6.07) is 13.0. The largest absolute Gasteiger partial charge is 0.454 e. The van der Waals surface area contributed by atoms with Crippen LogP contribution in [0.5, 0.6) is 0 Å². The summed E-state index contributed by atoms with van der Waals surface area (Å²) in [5, 5.41) is 4.86. The van der Waals surface area contributed by atoms with Crippen LogP contribution in [-0.4, -0.2) is 30.9 Å². The number of hydrogen-bond acceptors (Lipinski definition) is 4. The summed E-state index contributed by atoms with van der Waals surface area (Å²) in [4.78, 5) is 35.0. The number of amides is 2. The minimum atomic E-state index is -0.792. The first-order valence-electron chi connectivity index (χ1n) is 7.96. The van der Waals surface area contributed by atoms with Gasteiger partial charge in [0.15, 0.2) is 6.61 Å². The number of aryl methyl sites for hydroxylation is 1. The lowest BCUT2D eigenvalue weighted by Crippen LogP contribution is -2.34. The third-order valence-electron chi connectivity index (χ3n) is 3.49. The van der Waals surface area contributed by atoms with Crippen LogP contribution in [0.2, 0.25) is 0 Å². The monoisotopic (exact) mass is 358 g/mol. The first-order chi connectivity index (χ1) is 12.5. The number of carbonyl (C=O) groups is 3. The standard InChI is InChI=1S/C19H19FN2O4/c1-13-6-8-14(9-7-13)10-21-17(23)12-26-18(24)11-22-19(25)15-4-2-3-5-16(15)20/h2-9H,10-12H2,1H3,(H,21,23)(H,22,25). The highest BCUT2D eigenvalue weighted by molar-refractivity contribution is 5.96. The summed E-state index contributed by atoms with van der Waals surface area (Å²) in [5.74, 6) is -2.67. The number of halogens is 1. The maximum absolute atomic E-state index is 13.4. The highest BCUT2D eigenvalue weighted by atomic mass is 19.1. The molecular weight excluding hydrogens is 339 g/mol. The summed E-state index contributed by atoms with van der Waals surface area (Å²) in [6.45, 7) is 1.37.